The van der Waals surface area contributed by atoms with Crippen LogP contribution in [0.3, 0.4) is 0 Å². The van der Waals surface area contributed by atoms with Gasteiger partial charge in [-0.1, -0.05) is 60.7 Å². The highest BCUT2D eigenvalue weighted by Gasteiger charge is 2.38. The number of nitrogens with one attached hydrogen (secondary N) is 2. The van der Waals surface area contributed by atoms with Gasteiger partial charge in [0.05, 0.1) is 6.04 Å². The van der Waals surface area contributed by atoms with E-state index in [9.17, 15) is 18.9 Å². The van der Waals surface area contributed by atoms with E-state index in [1.165, 1.54) is 11.8 Å². The third-order valence-corrected chi connectivity index (χ3v) is 8.54. The number of carboxylic acid groups (broad SMARTS) is 1. The van der Waals surface area contributed by atoms with Gasteiger partial charge in [-0.05, 0) is 37.8 Å². The third-order valence-electron chi connectivity index (χ3n) is 5.93. The molecular formula is C25H32N3O5P. The van der Waals surface area contributed by atoms with E-state index in [2.05, 4.69) is 10.4 Å². The molecule has 1 aliphatic rings. The number of amides is 2. The van der Waals surface area contributed by atoms with Crippen molar-refractivity contribution in [2.75, 3.05) is 6.54 Å². The number of benzene rings is 2. The standard InChI is InChI=1S/C25H32N3O5P/c1-18(24(30)28-15-9-14-22(28)23(29)26-19(2)25(31)32)27-34(33,16-20-10-5-3-6-11-20)17-21-12-7-4-8-13-21/h3-8,10-13,18-19,22H,9,14-17H2,1-2H3,(H,26,29)(H,27,33)(H,31,32)/t18-,19-,22-/m0/s1. The van der Waals surface area contributed by atoms with Crippen LogP contribution in [-0.4, -0.2) is 52.5 Å². The van der Waals surface area contributed by atoms with Gasteiger partial charge in [-0.15, -0.1) is 0 Å². The summed E-state index contributed by atoms with van der Waals surface area (Å²) in [4.78, 5) is 38.5. The van der Waals surface area contributed by atoms with Crippen molar-refractivity contribution in [1.82, 2.24) is 15.3 Å². The van der Waals surface area contributed by atoms with Crippen LogP contribution in [0.1, 0.15) is 37.8 Å². The Morgan fingerprint density at radius 3 is 2.00 bits per heavy atom. The minimum Gasteiger partial charge on any atom is -0.480 e. The van der Waals surface area contributed by atoms with Crippen molar-refractivity contribution in [3.05, 3.63) is 71.8 Å². The lowest BCUT2D eigenvalue weighted by molar-refractivity contribution is -0.143. The Balaban J connectivity index is 1.75. The summed E-state index contributed by atoms with van der Waals surface area (Å²) in [6.45, 7) is 3.44. The molecule has 1 aliphatic heterocycles. The van der Waals surface area contributed by atoms with Crippen LogP contribution in [0.15, 0.2) is 60.7 Å². The van der Waals surface area contributed by atoms with Crippen molar-refractivity contribution >= 4 is 25.1 Å². The second kappa shape index (κ2) is 11.4. The minimum absolute atomic E-state index is 0.292. The molecule has 0 radical (unpaired) electrons. The van der Waals surface area contributed by atoms with Crippen LogP contribution in [0.25, 0.3) is 0 Å². The zero-order valence-electron chi connectivity index (χ0n) is 19.5. The molecule has 34 heavy (non-hydrogen) atoms. The van der Waals surface area contributed by atoms with Crippen LogP contribution in [-0.2, 0) is 31.3 Å². The van der Waals surface area contributed by atoms with E-state index in [4.69, 9.17) is 5.11 Å². The average Bonchev–Trinajstić information content (AvgIpc) is 3.29. The Hall–Kier alpha value is -2.96. The normalized spacial score (nSPS) is 17.7. The van der Waals surface area contributed by atoms with Crippen LogP contribution in [0.4, 0.5) is 0 Å². The molecule has 3 N–H and O–H groups in total. The number of rotatable bonds is 10. The van der Waals surface area contributed by atoms with Crippen LogP contribution in [0.2, 0.25) is 0 Å². The first-order chi connectivity index (χ1) is 16.2. The van der Waals surface area contributed by atoms with E-state index in [0.29, 0.717) is 31.7 Å². The van der Waals surface area contributed by atoms with Crippen molar-refractivity contribution in [3.8, 4) is 0 Å². The number of hydrogen-bond donors (Lipinski definition) is 3. The van der Waals surface area contributed by atoms with E-state index >= 15 is 0 Å². The number of carboxylic acids is 1. The van der Waals surface area contributed by atoms with E-state index in [0.717, 1.165) is 11.1 Å². The second-order valence-electron chi connectivity index (χ2n) is 8.79. The monoisotopic (exact) mass is 485 g/mol. The van der Waals surface area contributed by atoms with Gasteiger partial charge in [-0.2, -0.15) is 0 Å². The lowest BCUT2D eigenvalue weighted by Gasteiger charge is -2.30. The zero-order chi connectivity index (χ0) is 24.7. The van der Waals surface area contributed by atoms with Gasteiger partial charge >= 0.3 is 5.97 Å². The molecule has 2 aromatic rings. The molecule has 1 saturated heterocycles. The summed E-state index contributed by atoms with van der Waals surface area (Å²) in [6.07, 6.45) is 1.69. The molecule has 3 rings (SSSR count). The highest BCUT2D eigenvalue weighted by atomic mass is 31.2. The zero-order valence-corrected chi connectivity index (χ0v) is 20.4. The maximum absolute atomic E-state index is 14.1. The van der Waals surface area contributed by atoms with Gasteiger partial charge < -0.3 is 19.9 Å². The van der Waals surface area contributed by atoms with Gasteiger partial charge in [-0.3, -0.25) is 19.5 Å². The molecule has 0 saturated carbocycles. The summed E-state index contributed by atoms with van der Waals surface area (Å²) in [6, 6.07) is 16.5. The maximum atomic E-state index is 14.1. The van der Waals surface area contributed by atoms with Crippen molar-refractivity contribution < 1.29 is 24.1 Å². The van der Waals surface area contributed by atoms with Gasteiger partial charge in [0.1, 0.15) is 12.1 Å². The van der Waals surface area contributed by atoms with Crippen molar-refractivity contribution in [2.45, 2.75) is 57.1 Å². The first kappa shape index (κ1) is 25.7. The van der Waals surface area contributed by atoms with Crippen LogP contribution in [0.5, 0.6) is 0 Å². The molecule has 0 spiro atoms. The summed E-state index contributed by atoms with van der Waals surface area (Å²) in [7, 11) is -3.07. The highest BCUT2D eigenvalue weighted by molar-refractivity contribution is 7.60. The molecule has 8 nitrogen and oxygen atoms in total. The fourth-order valence-electron chi connectivity index (χ4n) is 4.24. The van der Waals surface area contributed by atoms with E-state index < -0.39 is 37.3 Å². The molecule has 2 amide bonds. The van der Waals surface area contributed by atoms with Crippen LogP contribution >= 0.6 is 7.29 Å². The van der Waals surface area contributed by atoms with Gasteiger partial charge in [0, 0.05) is 18.9 Å². The predicted molar refractivity (Wildman–Crippen MR) is 130 cm³/mol. The topological polar surface area (TPSA) is 116 Å². The van der Waals surface area contributed by atoms with Crippen molar-refractivity contribution in [2.24, 2.45) is 0 Å². The lowest BCUT2D eigenvalue weighted by Crippen LogP contribution is -2.53. The summed E-state index contributed by atoms with van der Waals surface area (Å²) < 4.78 is 14.1. The number of aliphatic carboxylic acids is 1. The fourth-order valence-corrected chi connectivity index (χ4v) is 6.95. The highest BCUT2D eigenvalue weighted by Crippen LogP contribution is 2.49. The average molecular weight is 486 g/mol. The lowest BCUT2D eigenvalue weighted by atomic mass is 10.1. The summed E-state index contributed by atoms with van der Waals surface area (Å²) in [5.41, 5.74) is 1.82. The van der Waals surface area contributed by atoms with Crippen molar-refractivity contribution in [1.29, 1.82) is 0 Å². The first-order valence-corrected chi connectivity index (χ1v) is 13.5. The first-order valence-electron chi connectivity index (χ1n) is 11.5. The summed E-state index contributed by atoms with van der Waals surface area (Å²) in [5.74, 6) is -1.94. The number of carbonyl (C=O) groups is 3. The largest absolute Gasteiger partial charge is 0.480 e. The van der Waals surface area contributed by atoms with Gasteiger partial charge in [0.2, 0.25) is 11.8 Å². The van der Waals surface area contributed by atoms with Gasteiger partial charge in [0.25, 0.3) is 0 Å². The Kier molecular flexibility index (Phi) is 8.64. The molecule has 2 aromatic carbocycles. The number of hydrogen-bond acceptors (Lipinski definition) is 4. The van der Waals surface area contributed by atoms with E-state index in [1.807, 2.05) is 60.7 Å². The molecule has 182 valence electrons. The molecule has 9 heteroatoms. The van der Waals surface area contributed by atoms with Crippen molar-refractivity contribution in [3.63, 3.8) is 0 Å². The Labute approximate surface area is 200 Å². The van der Waals surface area contributed by atoms with E-state index in [-0.39, 0.29) is 5.91 Å². The number of likely N-dealkylation sites (tertiary alicyclic amines) is 1. The number of carbonyl (C=O) groups excluding carboxylic acids is 2. The Bertz CT molecular complexity index is 1000. The molecular weight excluding hydrogens is 453 g/mol. The number of nitrogens with zero attached hydrogens (tertiary/aromatic N) is 1. The molecule has 0 aromatic heterocycles. The Morgan fingerprint density at radius 1 is 0.971 bits per heavy atom. The smallest absolute Gasteiger partial charge is 0.325 e. The predicted octanol–water partition coefficient (Wildman–Crippen LogP) is 3.22. The van der Waals surface area contributed by atoms with Crippen LogP contribution in [0, 0.1) is 0 Å². The third kappa shape index (κ3) is 6.78. The maximum Gasteiger partial charge on any atom is 0.325 e. The SMILES string of the molecule is C[C@H](NC(=O)[C@@H]1CCCN1C(=O)[C@H](C)NP(=O)(Cc1ccccc1)Cc1ccccc1)C(=O)O. The molecule has 0 unspecified atom stereocenters. The minimum atomic E-state index is -3.07. The molecule has 1 fully saturated rings. The molecule has 1 heterocycles. The quantitative estimate of drug-likeness (QED) is 0.445. The Morgan fingerprint density at radius 2 is 1.50 bits per heavy atom. The van der Waals surface area contributed by atoms with E-state index in [1.54, 1.807) is 6.92 Å². The molecule has 0 aliphatic carbocycles. The summed E-state index contributed by atoms with van der Waals surface area (Å²) in [5, 5.41) is 14.6. The summed E-state index contributed by atoms with van der Waals surface area (Å²) >= 11 is 0. The molecule has 0 bridgehead atoms. The second-order valence-corrected chi connectivity index (χ2v) is 11.5. The van der Waals surface area contributed by atoms with Gasteiger partial charge in [-0.25, -0.2) is 0 Å². The molecule has 3 atom stereocenters. The van der Waals surface area contributed by atoms with Crippen LogP contribution < -0.4 is 10.4 Å². The van der Waals surface area contributed by atoms with Gasteiger partial charge in [0.15, 0.2) is 7.29 Å². The fraction of sp³-hybridized carbons (Fsp3) is 0.400.